The molecule has 0 amide bonds. The van der Waals surface area contributed by atoms with Crippen molar-refractivity contribution in [1.82, 2.24) is 0 Å². The maximum absolute atomic E-state index is 5.75. The monoisotopic (exact) mass is 226 g/mol. The molecule has 1 aromatic carbocycles. The van der Waals surface area contributed by atoms with E-state index >= 15 is 0 Å². The molecule has 17 heavy (non-hydrogen) atoms. The largest absolute Gasteiger partial charge is 0.385 e. The molecule has 0 saturated heterocycles. The fraction of sp³-hybridized carbons (Fsp3) is 0.0909. The minimum Gasteiger partial charge on any atom is -0.385 e. The standard InChI is InChI=1S/C11H10N6/c12-8-7-10(17-11(13)15-8)16-9(14-7)6-4-2-1-3-5-6/h1-5,7H,(H4,12,13,14,15,16,17). The summed E-state index contributed by atoms with van der Waals surface area (Å²) < 4.78 is 0. The SMILES string of the molecule is NC1=NC2=NC(c3ccccc3)=NC2C(N)=N1. The first-order valence-electron chi connectivity index (χ1n) is 5.14. The van der Waals surface area contributed by atoms with Crippen molar-refractivity contribution in [2.24, 2.45) is 31.4 Å². The Morgan fingerprint density at radius 2 is 1.71 bits per heavy atom. The Labute approximate surface area is 97.5 Å². The topological polar surface area (TPSA) is 101 Å². The van der Waals surface area contributed by atoms with Crippen molar-refractivity contribution in [2.45, 2.75) is 6.04 Å². The second kappa shape index (κ2) is 3.51. The van der Waals surface area contributed by atoms with Gasteiger partial charge in [-0.3, -0.25) is 0 Å². The average molecular weight is 226 g/mol. The van der Waals surface area contributed by atoms with Gasteiger partial charge in [-0.05, 0) is 0 Å². The van der Waals surface area contributed by atoms with Gasteiger partial charge in [-0.15, -0.1) is 0 Å². The molecule has 6 heteroatoms. The molecule has 0 fully saturated rings. The molecule has 2 aliphatic rings. The van der Waals surface area contributed by atoms with Crippen LogP contribution in [0.25, 0.3) is 0 Å². The summed E-state index contributed by atoms with van der Waals surface area (Å²) >= 11 is 0. The van der Waals surface area contributed by atoms with Crippen molar-refractivity contribution in [1.29, 1.82) is 0 Å². The van der Waals surface area contributed by atoms with E-state index in [4.69, 9.17) is 11.5 Å². The summed E-state index contributed by atoms with van der Waals surface area (Å²) in [7, 11) is 0. The highest BCUT2D eigenvalue weighted by atomic mass is 15.2. The fourth-order valence-corrected chi connectivity index (χ4v) is 1.73. The second-order valence-electron chi connectivity index (χ2n) is 3.70. The van der Waals surface area contributed by atoms with Crippen molar-refractivity contribution >= 4 is 23.5 Å². The molecular formula is C11H10N6. The lowest BCUT2D eigenvalue weighted by Crippen LogP contribution is -2.38. The fourth-order valence-electron chi connectivity index (χ4n) is 1.73. The zero-order chi connectivity index (χ0) is 11.8. The van der Waals surface area contributed by atoms with E-state index in [2.05, 4.69) is 20.0 Å². The molecule has 1 atom stereocenters. The van der Waals surface area contributed by atoms with E-state index in [0.717, 1.165) is 5.56 Å². The predicted molar refractivity (Wildman–Crippen MR) is 67.4 cm³/mol. The first-order chi connectivity index (χ1) is 8.24. The van der Waals surface area contributed by atoms with Gasteiger partial charge >= 0.3 is 0 Å². The second-order valence-corrected chi connectivity index (χ2v) is 3.70. The van der Waals surface area contributed by atoms with Crippen molar-refractivity contribution in [3.63, 3.8) is 0 Å². The van der Waals surface area contributed by atoms with Gasteiger partial charge < -0.3 is 11.5 Å². The minimum absolute atomic E-state index is 0.127. The van der Waals surface area contributed by atoms with E-state index in [1.165, 1.54) is 0 Å². The van der Waals surface area contributed by atoms with Gasteiger partial charge in [0.25, 0.3) is 0 Å². The summed E-state index contributed by atoms with van der Waals surface area (Å²) in [5.74, 6) is 1.58. The van der Waals surface area contributed by atoms with Gasteiger partial charge in [-0.1, -0.05) is 30.3 Å². The highest BCUT2D eigenvalue weighted by Crippen LogP contribution is 2.15. The quantitative estimate of drug-likeness (QED) is 0.698. The van der Waals surface area contributed by atoms with E-state index in [1.54, 1.807) is 0 Å². The number of fused-ring (bicyclic) bond motifs is 1. The smallest absolute Gasteiger partial charge is 0.223 e. The molecule has 0 bridgehead atoms. The summed E-state index contributed by atoms with van der Waals surface area (Å²) in [5.41, 5.74) is 12.2. The predicted octanol–water partition coefficient (Wildman–Crippen LogP) is -0.101. The van der Waals surface area contributed by atoms with Crippen LogP contribution in [0.4, 0.5) is 0 Å². The average Bonchev–Trinajstić information content (AvgIpc) is 2.74. The van der Waals surface area contributed by atoms with Crippen LogP contribution in [-0.4, -0.2) is 29.5 Å². The van der Waals surface area contributed by atoms with Crippen LogP contribution in [-0.2, 0) is 0 Å². The van der Waals surface area contributed by atoms with Gasteiger partial charge in [0.15, 0.2) is 17.7 Å². The van der Waals surface area contributed by atoms with E-state index in [9.17, 15) is 0 Å². The maximum atomic E-state index is 5.75. The van der Waals surface area contributed by atoms with Crippen molar-refractivity contribution in [3.05, 3.63) is 35.9 Å². The number of nitrogens with two attached hydrogens (primary N) is 2. The lowest BCUT2D eigenvalue weighted by Gasteiger charge is -2.10. The van der Waals surface area contributed by atoms with Crippen LogP contribution in [0.5, 0.6) is 0 Å². The number of guanidine groups is 1. The Morgan fingerprint density at radius 1 is 0.941 bits per heavy atom. The molecule has 0 aromatic heterocycles. The first-order valence-corrected chi connectivity index (χ1v) is 5.14. The van der Waals surface area contributed by atoms with Crippen LogP contribution in [0, 0.1) is 0 Å². The van der Waals surface area contributed by atoms with E-state index in [-0.39, 0.29) is 5.96 Å². The number of rotatable bonds is 1. The lowest BCUT2D eigenvalue weighted by atomic mass is 10.2. The molecule has 0 radical (unpaired) electrons. The Morgan fingerprint density at radius 3 is 2.47 bits per heavy atom. The number of aliphatic imine (C=N–C) groups is 4. The van der Waals surface area contributed by atoms with Crippen LogP contribution in [0.3, 0.4) is 0 Å². The third-order valence-electron chi connectivity index (χ3n) is 2.50. The molecule has 2 aliphatic heterocycles. The van der Waals surface area contributed by atoms with E-state index in [1.807, 2.05) is 30.3 Å². The molecule has 4 N–H and O–H groups in total. The highest BCUT2D eigenvalue weighted by Gasteiger charge is 2.29. The van der Waals surface area contributed by atoms with E-state index in [0.29, 0.717) is 17.5 Å². The van der Waals surface area contributed by atoms with Gasteiger partial charge in [0.1, 0.15) is 5.84 Å². The maximum Gasteiger partial charge on any atom is 0.223 e. The van der Waals surface area contributed by atoms with Crippen molar-refractivity contribution in [3.8, 4) is 0 Å². The van der Waals surface area contributed by atoms with Crippen LogP contribution in [0.2, 0.25) is 0 Å². The summed E-state index contributed by atoms with van der Waals surface area (Å²) in [6, 6.07) is 9.26. The number of nitrogens with zero attached hydrogens (tertiary/aromatic N) is 4. The van der Waals surface area contributed by atoms with Gasteiger partial charge in [-0.25, -0.2) is 9.98 Å². The first kappa shape index (κ1) is 9.71. The molecule has 3 rings (SSSR count). The number of benzene rings is 1. The number of hydrogen-bond donors (Lipinski definition) is 2. The van der Waals surface area contributed by atoms with Crippen LogP contribution in [0.1, 0.15) is 5.56 Å². The minimum atomic E-state index is -0.391. The van der Waals surface area contributed by atoms with Gasteiger partial charge in [0, 0.05) is 5.56 Å². The van der Waals surface area contributed by atoms with Crippen molar-refractivity contribution in [2.75, 3.05) is 0 Å². The van der Waals surface area contributed by atoms with Crippen molar-refractivity contribution < 1.29 is 0 Å². The molecular weight excluding hydrogens is 216 g/mol. The van der Waals surface area contributed by atoms with E-state index < -0.39 is 6.04 Å². The zero-order valence-corrected chi connectivity index (χ0v) is 8.91. The Kier molecular flexibility index (Phi) is 2.01. The lowest BCUT2D eigenvalue weighted by molar-refractivity contribution is 1.10. The molecule has 2 heterocycles. The molecule has 6 nitrogen and oxygen atoms in total. The summed E-state index contributed by atoms with van der Waals surface area (Å²) in [4.78, 5) is 16.6. The summed E-state index contributed by atoms with van der Waals surface area (Å²) in [5, 5.41) is 0. The zero-order valence-electron chi connectivity index (χ0n) is 8.91. The highest BCUT2D eigenvalue weighted by molar-refractivity contribution is 6.25. The number of amidine groups is 3. The molecule has 0 saturated carbocycles. The molecule has 0 spiro atoms. The van der Waals surface area contributed by atoms with Gasteiger partial charge in [0.05, 0.1) is 0 Å². The third-order valence-corrected chi connectivity index (χ3v) is 2.50. The van der Waals surface area contributed by atoms with Gasteiger partial charge in [0.2, 0.25) is 5.96 Å². The normalized spacial score (nSPS) is 22.2. The number of hydrogen-bond acceptors (Lipinski definition) is 6. The summed E-state index contributed by atoms with van der Waals surface area (Å²) in [6.07, 6.45) is 0. The Bertz CT molecular complexity index is 581. The Balaban J connectivity index is 2.03. The van der Waals surface area contributed by atoms with Crippen LogP contribution < -0.4 is 11.5 Å². The molecule has 1 aromatic rings. The van der Waals surface area contributed by atoms with Gasteiger partial charge in [-0.2, -0.15) is 9.98 Å². The summed E-state index contributed by atoms with van der Waals surface area (Å²) in [6.45, 7) is 0. The Hall–Kier alpha value is -2.50. The van der Waals surface area contributed by atoms with Crippen LogP contribution >= 0.6 is 0 Å². The molecule has 84 valence electrons. The van der Waals surface area contributed by atoms with Crippen LogP contribution in [0.15, 0.2) is 50.3 Å². The third kappa shape index (κ3) is 1.59. The molecule has 0 aliphatic carbocycles. The molecule has 1 unspecified atom stereocenters.